The minimum atomic E-state index is -0.406. The highest BCUT2D eigenvalue weighted by atomic mass is 16.6. The van der Waals surface area contributed by atoms with Gasteiger partial charge in [0.2, 0.25) is 0 Å². The molecule has 0 saturated carbocycles. The number of hydrogen-bond donors (Lipinski definition) is 0. The molecule has 110 valence electrons. The van der Waals surface area contributed by atoms with Gasteiger partial charge in [0.05, 0.1) is 17.9 Å². The Hall–Kier alpha value is -0.900. The van der Waals surface area contributed by atoms with Crippen LogP contribution < -0.4 is 0 Å². The highest BCUT2D eigenvalue weighted by molar-refractivity contribution is 5.96. The SMILES string of the molecule is COC(CC1C(=O)OC(=O)C1C(C)(C)C)C(C)(C)C. The van der Waals surface area contributed by atoms with E-state index in [1.807, 2.05) is 20.8 Å². The van der Waals surface area contributed by atoms with Crippen molar-refractivity contribution in [2.75, 3.05) is 7.11 Å². The molecule has 0 radical (unpaired) electrons. The summed E-state index contributed by atoms with van der Waals surface area (Å²) in [6.07, 6.45) is 0.438. The second-order valence-corrected chi connectivity index (χ2v) is 7.52. The number of hydrogen-bond acceptors (Lipinski definition) is 4. The van der Waals surface area contributed by atoms with Gasteiger partial charge in [-0.15, -0.1) is 0 Å². The summed E-state index contributed by atoms with van der Waals surface area (Å²) in [5, 5.41) is 0. The molecule has 0 aromatic carbocycles. The maximum Gasteiger partial charge on any atom is 0.318 e. The van der Waals surface area contributed by atoms with E-state index >= 15 is 0 Å². The zero-order chi connectivity index (χ0) is 15.0. The molecule has 19 heavy (non-hydrogen) atoms. The van der Waals surface area contributed by atoms with Crippen molar-refractivity contribution in [3.63, 3.8) is 0 Å². The van der Waals surface area contributed by atoms with Gasteiger partial charge in [-0.2, -0.15) is 0 Å². The average molecular weight is 270 g/mol. The van der Waals surface area contributed by atoms with Crippen molar-refractivity contribution in [1.29, 1.82) is 0 Å². The Morgan fingerprint density at radius 3 is 2.00 bits per heavy atom. The van der Waals surface area contributed by atoms with Gasteiger partial charge in [-0.3, -0.25) is 9.59 Å². The van der Waals surface area contributed by atoms with E-state index in [-0.39, 0.29) is 22.9 Å². The standard InChI is InChI=1S/C15H26O4/c1-14(2,3)10(18-7)8-9-11(15(4,5)6)13(17)19-12(9)16/h9-11H,8H2,1-7H3. The summed E-state index contributed by atoms with van der Waals surface area (Å²) < 4.78 is 10.3. The molecule has 1 saturated heterocycles. The third kappa shape index (κ3) is 3.56. The van der Waals surface area contributed by atoms with Crippen molar-refractivity contribution >= 4 is 11.9 Å². The second-order valence-electron chi connectivity index (χ2n) is 7.52. The Kier molecular flexibility index (Phi) is 4.45. The normalized spacial score (nSPS) is 26.5. The van der Waals surface area contributed by atoms with E-state index in [4.69, 9.17) is 9.47 Å². The Balaban J connectivity index is 2.96. The summed E-state index contributed by atoms with van der Waals surface area (Å²) in [4.78, 5) is 23.8. The molecule has 0 bridgehead atoms. The van der Waals surface area contributed by atoms with Gasteiger partial charge in [0.15, 0.2) is 0 Å². The van der Waals surface area contributed by atoms with E-state index < -0.39 is 17.9 Å². The smallest absolute Gasteiger partial charge is 0.318 e. The van der Waals surface area contributed by atoms with Gasteiger partial charge in [0, 0.05) is 7.11 Å². The van der Waals surface area contributed by atoms with Gasteiger partial charge >= 0.3 is 11.9 Å². The number of carbonyl (C=O) groups excluding carboxylic acids is 2. The van der Waals surface area contributed by atoms with Gasteiger partial charge in [-0.05, 0) is 17.3 Å². The summed E-state index contributed by atoms with van der Waals surface area (Å²) in [6, 6.07) is 0. The van der Waals surface area contributed by atoms with Gasteiger partial charge < -0.3 is 9.47 Å². The summed E-state index contributed by atoms with van der Waals surface area (Å²) in [5.74, 6) is -1.60. The van der Waals surface area contributed by atoms with Crippen molar-refractivity contribution in [2.45, 2.75) is 54.1 Å². The van der Waals surface area contributed by atoms with Crippen LogP contribution in [0, 0.1) is 22.7 Å². The van der Waals surface area contributed by atoms with E-state index in [2.05, 4.69) is 20.8 Å². The summed E-state index contributed by atoms with van der Waals surface area (Å²) in [5.41, 5.74) is -0.368. The van der Waals surface area contributed by atoms with Crippen LogP contribution in [0.15, 0.2) is 0 Å². The predicted octanol–water partition coefficient (Wildman–Crippen LogP) is 2.80. The van der Waals surface area contributed by atoms with Crippen molar-refractivity contribution in [2.24, 2.45) is 22.7 Å². The third-order valence-corrected chi connectivity index (χ3v) is 3.81. The Morgan fingerprint density at radius 1 is 1.11 bits per heavy atom. The van der Waals surface area contributed by atoms with Crippen LogP contribution in [-0.2, 0) is 19.1 Å². The molecule has 0 N–H and O–H groups in total. The maximum absolute atomic E-state index is 11.9. The number of methoxy groups -OCH3 is 1. The average Bonchev–Trinajstić information content (AvgIpc) is 2.47. The fourth-order valence-electron chi connectivity index (χ4n) is 2.76. The molecule has 1 rings (SSSR count). The Labute approximate surface area is 115 Å². The number of ether oxygens (including phenoxy) is 2. The van der Waals surface area contributed by atoms with Gasteiger partial charge in [0.1, 0.15) is 0 Å². The first-order valence-corrected chi connectivity index (χ1v) is 6.76. The first-order chi connectivity index (χ1) is 8.48. The van der Waals surface area contributed by atoms with Crippen LogP contribution in [-0.4, -0.2) is 25.2 Å². The summed E-state index contributed by atoms with van der Waals surface area (Å²) >= 11 is 0. The first kappa shape index (κ1) is 16.2. The zero-order valence-electron chi connectivity index (χ0n) is 13.1. The number of rotatable bonds is 3. The fourth-order valence-corrected chi connectivity index (χ4v) is 2.76. The molecule has 1 heterocycles. The molecule has 0 aromatic heterocycles. The second kappa shape index (κ2) is 5.23. The van der Waals surface area contributed by atoms with Gasteiger partial charge in [-0.1, -0.05) is 41.5 Å². The van der Waals surface area contributed by atoms with Crippen LogP contribution in [0.2, 0.25) is 0 Å². The van der Waals surface area contributed by atoms with Crippen LogP contribution in [0.25, 0.3) is 0 Å². The van der Waals surface area contributed by atoms with E-state index in [9.17, 15) is 9.59 Å². The van der Waals surface area contributed by atoms with Crippen LogP contribution >= 0.6 is 0 Å². The molecule has 0 aromatic rings. The van der Waals surface area contributed by atoms with Gasteiger partial charge in [0.25, 0.3) is 0 Å². The molecule has 1 fully saturated rings. The number of carbonyl (C=O) groups is 2. The van der Waals surface area contributed by atoms with Crippen LogP contribution in [0.5, 0.6) is 0 Å². The molecule has 1 aliphatic rings. The first-order valence-electron chi connectivity index (χ1n) is 6.76. The lowest BCUT2D eigenvalue weighted by Gasteiger charge is -2.34. The van der Waals surface area contributed by atoms with E-state index in [1.165, 1.54) is 0 Å². The largest absolute Gasteiger partial charge is 0.393 e. The molecule has 0 aliphatic carbocycles. The molecule has 4 nitrogen and oxygen atoms in total. The number of esters is 2. The Morgan fingerprint density at radius 2 is 1.63 bits per heavy atom. The lowest BCUT2D eigenvalue weighted by molar-refractivity contribution is -0.154. The van der Waals surface area contributed by atoms with Crippen LogP contribution in [0.1, 0.15) is 48.0 Å². The fraction of sp³-hybridized carbons (Fsp3) is 0.867. The zero-order valence-corrected chi connectivity index (χ0v) is 13.1. The number of cyclic esters (lactones) is 2. The van der Waals surface area contributed by atoms with Crippen LogP contribution in [0.3, 0.4) is 0 Å². The van der Waals surface area contributed by atoms with Crippen molar-refractivity contribution in [1.82, 2.24) is 0 Å². The monoisotopic (exact) mass is 270 g/mol. The summed E-state index contributed by atoms with van der Waals surface area (Å²) in [7, 11) is 1.64. The quantitative estimate of drug-likeness (QED) is 0.584. The lowest BCUT2D eigenvalue weighted by Crippen LogP contribution is -2.37. The molecule has 0 spiro atoms. The Bertz CT molecular complexity index is 359. The van der Waals surface area contributed by atoms with E-state index in [0.29, 0.717) is 6.42 Å². The van der Waals surface area contributed by atoms with E-state index in [0.717, 1.165) is 0 Å². The third-order valence-electron chi connectivity index (χ3n) is 3.81. The van der Waals surface area contributed by atoms with E-state index in [1.54, 1.807) is 7.11 Å². The van der Waals surface area contributed by atoms with Crippen molar-refractivity contribution in [3.05, 3.63) is 0 Å². The highest BCUT2D eigenvalue weighted by Crippen LogP contribution is 2.42. The molecular weight excluding hydrogens is 244 g/mol. The summed E-state index contributed by atoms with van der Waals surface area (Å²) in [6.45, 7) is 12.1. The van der Waals surface area contributed by atoms with Crippen molar-refractivity contribution in [3.8, 4) is 0 Å². The molecule has 3 unspecified atom stereocenters. The molecule has 4 heteroatoms. The minimum absolute atomic E-state index is 0.0803. The predicted molar refractivity (Wildman–Crippen MR) is 72.4 cm³/mol. The topological polar surface area (TPSA) is 52.6 Å². The van der Waals surface area contributed by atoms with Crippen molar-refractivity contribution < 1.29 is 19.1 Å². The highest BCUT2D eigenvalue weighted by Gasteiger charge is 2.51. The van der Waals surface area contributed by atoms with Gasteiger partial charge in [-0.25, -0.2) is 0 Å². The minimum Gasteiger partial charge on any atom is -0.393 e. The molecule has 3 atom stereocenters. The molecule has 1 aliphatic heterocycles. The molecular formula is C15H26O4. The molecule has 0 amide bonds. The van der Waals surface area contributed by atoms with Crippen LogP contribution in [0.4, 0.5) is 0 Å². The maximum atomic E-state index is 11.9. The lowest BCUT2D eigenvalue weighted by atomic mass is 9.71.